The molecule has 6 nitrogen and oxygen atoms in total. The summed E-state index contributed by atoms with van der Waals surface area (Å²) in [6, 6.07) is 9.97. The summed E-state index contributed by atoms with van der Waals surface area (Å²) in [5.74, 6) is 2.53. The van der Waals surface area contributed by atoms with Gasteiger partial charge in [0.2, 0.25) is 5.95 Å². The van der Waals surface area contributed by atoms with E-state index in [0.717, 1.165) is 63.0 Å². The average Bonchev–Trinajstić information content (AvgIpc) is 3.25. The van der Waals surface area contributed by atoms with Gasteiger partial charge < -0.3 is 19.9 Å². The number of ether oxygens (including phenoxy) is 1. The van der Waals surface area contributed by atoms with E-state index < -0.39 is 0 Å². The second-order valence-corrected chi connectivity index (χ2v) is 6.81. The molecule has 0 amide bonds. The predicted octanol–water partition coefficient (Wildman–Crippen LogP) is 3.93. The lowest BCUT2D eigenvalue weighted by Gasteiger charge is -2.17. The van der Waals surface area contributed by atoms with Gasteiger partial charge in [0.15, 0.2) is 0 Å². The van der Waals surface area contributed by atoms with Crippen molar-refractivity contribution in [2.24, 2.45) is 0 Å². The lowest BCUT2D eigenvalue weighted by molar-refractivity contribution is 0.249. The smallest absolute Gasteiger partial charge is 0.229 e. The molecule has 1 fully saturated rings. The van der Waals surface area contributed by atoms with Crippen molar-refractivity contribution >= 4 is 17.5 Å². The molecule has 1 aliphatic heterocycles. The Bertz CT molecular complexity index is 681. The summed E-state index contributed by atoms with van der Waals surface area (Å²) in [5, 5.41) is 3.28. The minimum Gasteiger partial charge on any atom is -0.494 e. The van der Waals surface area contributed by atoms with Crippen molar-refractivity contribution in [1.29, 1.82) is 0 Å². The Morgan fingerprint density at radius 1 is 1.07 bits per heavy atom. The van der Waals surface area contributed by atoms with Crippen LogP contribution in [-0.4, -0.2) is 54.2 Å². The second kappa shape index (κ2) is 10.1. The molecule has 1 aliphatic rings. The lowest BCUT2D eigenvalue weighted by atomic mass is 10.3. The molecule has 0 unspecified atom stereocenters. The van der Waals surface area contributed by atoms with Crippen LogP contribution in [0.25, 0.3) is 0 Å². The number of nitrogens with zero attached hydrogens (tertiary/aromatic N) is 4. The van der Waals surface area contributed by atoms with Gasteiger partial charge in [-0.25, -0.2) is 4.98 Å². The molecule has 1 N–H and O–H groups in total. The topological polar surface area (TPSA) is 53.5 Å². The number of aromatic nitrogens is 2. The summed E-state index contributed by atoms with van der Waals surface area (Å²) in [6.45, 7) is 10.6. The van der Waals surface area contributed by atoms with Crippen LogP contribution < -0.4 is 15.0 Å². The Kier molecular flexibility index (Phi) is 7.27. The van der Waals surface area contributed by atoms with Crippen molar-refractivity contribution in [3.05, 3.63) is 36.5 Å². The minimum absolute atomic E-state index is 0.632. The third-order valence-electron chi connectivity index (χ3n) is 4.96. The standard InChI is InChI=1S/C21H31N5O/c1-3-25(4-2)14-7-17-27-19-10-8-18(9-11-19)23-21-22-13-12-20(24-21)26-15-5-6-16-26/h8-13H,3-7,14-17H2,1-2H3,(H,22,23,24). The van der Waals surface area contributed by atoms with E-state index >= 15 is 0 Å². The molecular weight excluding hydrogens is 338 g/mol. The van der Waals surface area contributed by atoms with Crippen LogP contribution in [0.3, 0.4) is 0 Å². The normalized spacial score (nSPS) is 14.0. The molecule has 0 aliphatic carbocycles. The summed E-state index contributed by atoms with van der Waals surface area (Å²) in [5.41, 5.74) is 0.962. The summed E-state index contributed by atoms with van der Waals surface area (Å²) in [7, 11) is 0. The van der Waals surface area contributed by atoms with Crippen molar-refractivity contribution in [2.75, 3.05) is 49.5 Å². The van der Waals surface area contributed by atoms with Crippen molar-refractivity contribution in [1.82, 2.24) is 14.9 Å². The van der Waals surface area contributed by atoms with E-state index in [2.05, 4.69) is 38.9 Å². The number of benzene rings is 1. The van der Waals surface area contributed by atoms with Crippen molar-refractivity contribution in [3.63, 3.8) is 0 Å². The molecule has 0 saturated carbocycles. The predicted molar refractivity (Wildman–Crippen MR) is 111 cm³/mol. The summed E-state index contributed by atoms with van der Waals surface area (Å²) < 4.78 is 5.84. The summed E-state index contributed by atoms with van der Waals surface area (Å²) in [6.07, 6.45) is 5.33. The number of hydrogen-bond donors (Lipinski definition) is 1. The summed E-state index contributed by atoms with van der Waals surface area (Å²) >= 11 is 0. The zero-order valence-corrected chi connectivity index (χ0v) is 16.5. The van der Waals surface area contributed by atoms with Crippen LogP contribution in [0.2, 0.25) is 0 Å². The van der Waals surface area contributed by atoms with Gasteiger partial charge in [-0.2, -0.15) is 4.98 Å². The molecule has 0 bridgehead atoms. The van der Waals surface area contributed by atoms with Gasteiger partial charge in [-0.15, -0.1) is 0 Å². The maximum absolute atomic E-state index is 5.84. The van der Waals surface area contributed by atoms with Crippen LogP contribution in [-0.2, 0) is 0 Å². The number of hydrogen-bond acceptors (Lipinski definition) is 6. The fourth-order valence-electron chi connectivity index (χ4n) is 3.31. The van der Waals surface area contributed by atoms with E-state index in [1.165, 1.54) is 12.8 Å². The van der Waals surface area contributed by atoms with Crippen LogP contribution in [0.5, 0.6) is 5.75 Å². The van der Waals surface area contributed by atoms with Crippen LogP contribution in [0.15, 0.2) is 36.5 Å². The zero-order chi connectivity index (χ0) is 18.9. The van der Waals surface area contributed by atoms with Crippen LogP contribution in [0, 0.1) is 0 Å². The first kappa shape index (κ1) is 19.4. The Balaban J connectivity index is 1.48. The van der Waals surface area contributed by atoms with E-state index in [4.69, 9.17) is 4.74 Å². The fourth-order valence-corrected chi connectivity index (χ4v) is 3.31. The van der Waals surface area contributed by atoms with E-state index in [9.17, 15) is 0 Å². The Labute approximate surface area is 162 Å². The highest BCUT2D eigenvalue weighted by Gasteiger charge is 2.14. The van der Waals surface area contributed by atoms with Gasteiger partial charge in [-0.3, -0.25) is 0 Å². The Hall–Kier alpha value is -2.34. The zero-order valence-electron chi connectivity index (χ0n) is 16.5. The highest BCUT2D eigenvalue weighted by atomic mass is 16.5. The second-order valence-electron chi connectivity index (χ2n) is 6.81. The fraction of sp³-hybridized carbons (Fsp3) is 0.524. The molecule has 2 aromatic rings. The average molecular weight is 370 g/mol. The molecular formula is C21H31N5O. The summed E-state index contributed by atoms with van der Waals surface area (Å²) in [4.78, 5) is 13.7. The largest absolute Gasteiger partial charge is 0.494 e. The van der Waals surface area contributed by atoms with Crippen LogP contribution in [0.4, 0.5) is 17.5 Å². The van der Waals surface area contributed by atoms with E-state index in [1.54, 1.807) is 0 Å². The quantitative estimate of drug-likeness (QED) is 0.641. The van der Waals surface area contributed by atoms with Gasteiger partial charge in [0, 0.05) is 31.5 Å². The van der Waals surface area contributed by atoms with Crippen molar-refractivity contribution < 1.29 is 4.74 Å². The van der Waals surface area contributed by atoms with Crippen LogP contribution in [0.1, 0.15) is 33.1 Å². The van der Waals surface area contributed by atoms with E-state index in [1.807, 2.05) is 36.5 Å². The van der Waals surface area contributed by atoms with Gasteiger partial charge in [0.05, 0.1) is 6.61 Å². The Morgan fingerprint density at radius 2 is 1.81 bits per heavy atom. The highest BCUT2D eigenvalue weighted by Crippen LogP contribution is 2.21. The van der Waals surface area contributed by atoms with E-state index in [0.29, 0.717) is 5.95 Å². The van der Waals surface area contributed by atoms with Gasteiger partial charge in [0.1, 0.15) is 11.6 Å². The van der Waals surface area contributed by atoms with Crippen molar-refractivity contribution in [2.45, 2.75) is 33.1 Å². The SMILES string of the molecule is CCN(CC)CCCOc1ccc(Nc2nccc(N3CCCC3)n2)cc1. The molecule has 0 atom stereocenters. The molecule has 1 saturated heterocycles. The molecule has 27 heavy (non-hydrogen) atoms. The number of rotatable bonds is 10. The molecule has 1 aromatic carbocycles. The molecule has 1 aromatic heterocycles. The van der Waals surface area contributed by atoms with Gasteiger partial charge in [0.25, 0.3) is 0 Å². The monoisotopic (exact) mass is 369 g/mol. The maximum atomic E-state index is 5.84. The first-order valence-electron chi connectivity index (χ1n) is 10.1. The Morgan fingerprint density at radius 3 is 2.52 bits per heavy atom. The molecule has 3 rings (SSSR count). The molecule has 0 radical (unpaired) electrons. The van der Waals surface area contributed by atoms with E-state index in [-0.39, 0.29) is 0 Å². The third-order valence-corrected chi connectivity index (χ3v) is 4.96. The molecule has 6 heteroatoms. The van der Waals surface area contributed by atoms with Crippen LogP contribution >= 0.6 is 0 Å². The number of nitrogens with one attached hydrogen (secondary N) is 1. The third kappa shape index (κ3) is 5.82. The molecule has 0 spiro atoms. The first-order chi connectivity index (χ1) is 13.3. The maximum Gasteiger partial charge on any atom is 0.229 e. The molecule has 146 valence electrons. The van der Waals surface area contributed by atoms with Gasteiger partial charge in [-0.1, -0.05) is 13.8 Å². The first-order valence-corrected chi connectivity index (χ1v) is 10.1. The minimum atomic E-state index is 0.632. The number of anilines is 3. The highest BCUT2D eigenvalue weighted by molar-refractivity contribution is 5.56. The van der Waals surface area contributed by atoms with Gasteiger partial charge >= 0.3 is 0 Å². The van der Waals surface area contributed by atoms with Crippen molar-refractivity contribution in [3.8, 4) is 5.75 Å². The molecule has 2 heterocycles. The lowest BCUT2D eigenvalue weighted by Crippen LogP contribution is -2.25. The van der Waals surface area contributed by atoms with Gasteiger partial charge in [-0.05, 0) is 62.7 Å².